The van der Waals surface area contributed by atoms with Crippen molar-refractivity contribution in [2.24, 2.45) is 5.92 Å². The SMILES string of the molecule is CCNC(Cc1ccc(F)c(Br)c1)CC1CCC1. The van der Waals surface area contributed by atoms with Gasteiger partial charge >= 0.3 is 0 Å². The van der Waals surface area contributed by atoms with Crippen LogP contribution in [-0.2, 0) is 6.42 Å². The highest BCUT2D eigenvalue weighted by atomic mass is 79.9. The molecule has 0 bridgehead atoms. The highest BCUT2D eigenvalue weighted by molar-refractivity contribution is 9.10. The van der Waals surface area contributed by atoms with Gasteiger partial charge in [0.2, 0.25) is 0 Å². The van der Waals surface area contributed by atoms with Gasteiger partial charge in [0.15, 0.2) is 0 Å². The van der Waals surface area contributed by atoms with Gasteiger partial charge in [-0.3, -0.25) is 0 Å². The first-order valence-electron chi connectivity index (χ1n) is 6.86. The Morgan fingerprint density at radius 2 is 2.22 bits per heavy atom. The predicted molar refractivity (Wildman–Crippen MR) is 77.2 cm³/mol. The van der Waals surface area contributed by atoms with E-state index < -0.39 is 0 Å². The predicted octanol–water partition coefficient (Wildman–Crippen LogP) is 4.30. The van der Waals surface area contributed by atoms with Crippen molar-refractivity contribution >= 4 is 15.9 Å². The van der Waals surface area contributed by atoms with E-state index in [4.69, 9.17) is 0 Å². The lowest BCUT2D eigenvalue weighted by Crippen LogP contribution is -2.34. The topological polar surface area (TPSA) is 12.0 Å². The number of likely N-dealkylation sites (N-methyl/N-ethyl adjacent to an activating group) is 1. The first-order chi connectivity index (χ1) is 8.69. The minimum absolute atomic E-state index is 0.183. The van der Waals surface area contributed by atoms with Crippen molar-refractivity contribution in [3.05, 3.63) is 34.1 Å². The van der Waals surface area contributed by atoms with Gasteiger partial charge in [-0.05, 0) is 58.9 Å². The van der Waals surface area contributed by atoms with Crippen molar-refractivity contribution < 1.29 is 4.39 Å². The Hall–Kier alpha value is -0.410. The molecule has 0 amide bonds. The lowest BCUT2D eigenvalue weighted by atomic mass is 9.80. The van der Waals surface area contributed by atoms with Crippen molar-refractivity contribution in [2.45, 2.75) is 45.1 Å². The van der Waals surface area contributed by atoms with Gasteiger partial charge in [0, 0.05) is 6.04 Å². The van der Waals surface area contributed by atoms with E-state index in [0.29, 0.717) is 10.5 Å². The summed E-state index contributed by atoms with van der Waals surface area (Å²) >= 11 is 3.26. The Bertz CT molecular complexity index is 390. The zero-order valence-electron chi connectivity index (χ0n) is 10.9. The summed E-state index contributed by atoms with van der Waals surface area (Å²) in [4.78, 5) is 0. The van der Waals surface area contributed by atoms with Gasteiger partial charge < -0.3 is 5.32 Å². The number of hydrogen-bond acceptors (Lipinski definition) is 1. The van der Waals surface area contributed by atoms with E-state index in [2.05, 4.69) is 28.2 Å². The van der Waals surface area contributed by atoms with E-state index in [1.807, 2.05) is 12.1 Å². The summed E-state index contributed by atoms with van der Waals surface area (Å²) in [5.41, 5.74) is 1.20. The van der Waals surface area contributed by atoms with E-state index in [0.717, 1.165) is 18.9 Å². The smallest absolute Gasteiger partial charge is 0.137 e. The van der Waals surface area contributed by atoms with Crippen LogP contribution in [0.5, 0.6) is 0 Å². The zero-order chi connectivity index (χ0) is 13.0. The standard InChI is InChI=1S/C15H21BrFN/c1-2-18-13(8-11-4-3-5-11)9-12-6-7-15(17)14(16)10-12/h6-7,10-11,13,18H,2-5,8-9H2,1H3. The van der Waals surface area contributed by atoms with Gasteiger partial charge in [0.25, 0.3) is 0 Å². The van der Waals surface area contributed by atoms with Crippen LogP contribution in [0.2, 0.25) is 0 Å². The van der Waals surface area contributed by atoms with Crippen molar-refractivity contribution in [1.82, 2.24) is 5.32 Å². The van der Waals surface area contributed by atoms with Crippen LogP contribution in [0.1, 0.15) is 38.2 Å². The van der Waals surface area contributed by atoms with Crippen molar-refractivity contribution in [3.63, 3.8) is 0 Å². The molecule has 0 spiro atoms. The molecule has 0 aromatic heterocycles. The number of hydrogen-bond donors (Lipinski definition) is 1. The molecule has 1 aromatic rings. The Morgan fingerprint density at radius 1 is 1.44 bits per heavy atom. The minimum atomic E-state index is -0.183. The number of rotatable bonds is 6. The second-order valence-corrected chi connectivity index (χ2v) is 6.09. The van der Waals surface area contributed by atoms with Crippen molar-refractivity contribution in [2.75, 3.05) is 6.54 Å². The Kier molecular flexibility index (Phi) is 5.19. The lowest BCUT2D eigenvalue weighted by Gasteiger charge is -2.30. The fourth-order valence-electron chi connectivity index (χ4n) is 2.61. The van der Waals surface area contributed by atoms with Crippen LogP contribution in [0.4, 0.5) is 4.39 Å². The molecule has 1 aliphatic carbocycles. The highest BCUT2D eigenvalue weighted by Crippen LogP contribution is 2.31. The average molecular weight is 314 g/mol. The maximum Gasteiger partial charge on any atom is 0.137 e. The molecule has 1 aromatic carbocycles. The first-order valence-corrected chi connectivity index (χ1v) is 7.65. The quantitative estimate of drug-likeness (QED) is 0.825. The summed E-state index contributed by atoms with van der Waals surface area (Å²) in [6, 6.07) is 5.87. The molecule has 1 atom stereocenters. The van der Waals surface area contributed by atoms with E-state index >= 15 is 0 Å². The van der Waals surface area contributed by atoms with Crippen LogP contribution >= 0.6 is 15.9 Å². The van der Waals surface area contributed by atoms with Crippen molar-refractivity contribution in [3.8, 4) is 0 Å². The average Bonchev–Trinajstić information content (AvgIpc) is 2.29. The number of nitrogens with one attached hydrogen (secondary N) is 1. The molecule has 1 fully saturated rings. The zero-order valence-corrected chi connectivity index (χ0v) is 12.5. The molecule has 0 heterocycles. The number of benzene rings is 1. The monoisotopic (exact) mass is 313 g/mol. The normalized spacial score (nSPS) is 17.5. The lowest BCUT2D eigenvalue weighted by molar-refractivity contribution is 0.260. The molecule has 1 aliphatic rings. The Balaban J connectivity index is 1.95. The van der Waals surface area contributed by atoms with E-state index in [-0.39, 0.29) is 5.82 Å². The largest absolute Gasteiger partial charge is 0.314 e. The van der Waals surface area contributed by atoms with Gasteiger partial charge in [-0.25, -0.2) is 4.39 Å². The molecule has 1 nitrogen and oxygen atoms in total. The molecule has 3 heteroatoms. The van der Waals surface area contributed by atoms with Gasteiger partial charge in [0.05, 0.1) is 4.47 Å². The molecule has 0 aliphatic heterocycles. The molecule has 1 N–H and O–H groups in total. The molecule has 0 saturated heterocycles. The highest BCUT2D eigenvalue weighted by Gasteiger charge is 2.21. The van der Waals surface area contributed by atoms with Crippen LogP contribution in [0, 0.1) is 11.7 Å². The van der Waals surface area contributed by atoms with Gasteiger partial charge in [-0.2, -0.15) is 0 Å². The van der Waals surface area contributed by atoms with Crippen molar-refractivity contribution in [1.29, 1.82) is 0 Å². The summed E-state index contributed by atoms with van der Waals surface area (Å²) in [7, 11) is 0. The Labute approximate surface area is 117 Å². The summed E-state index contributed by atoms with van der Waals surface area (Å²) in [6.07, 6.45) is 6.40. The van der Waals surface area contributed by atoms with E-state index in [1.54, 1.807) is 6.07 Å². The first kappa shape index (κ1) is 14.0. The molecular weight excluding hydrogens is 293 g/mol. The fraction of sp³-hybridized carbons (Fsp3) is 0.600. The third-order valence-electron chi connectivity index (χ3n) is 3.80. The molecular formula is C15H21BrFN. The van der Waals surface area contributed by atoms with Crippen LogP contribution in [-0.4, -0.2) is 12.6 Å². The molecule has 1 unspecified atom stereocenters. The Morgan fingerprint density at radius 3 is 2.78 bits per heavy atom. The summed E-state index contributed by atoms with van der Waals surface area (Å²) in [5.74, 6) is 0.718. The molecule has 0 radical (unpaired) electrons. The van der Waals surface area contributed by atoms with Crippen LogP contribution < -0.4 is 5.32 Å². The molecule has 18 heavy (non-hydrogen) atoms. The van der Waals surface area contributed by atoms with Gasteiger partial charge in [-0.1, -0.05) is 32.3 Å². The van der Waals surface area contributed by atoms with E-state index in [1.165, 1.54) is 31.2 Å². The summed E-state index contributed by atoms with van der Waals surface area (Å²) in [6.45, 7) is 3.15. The van der Waals surface area contributed by atoms with Gasteiger partial charge in [-0.15, -0.1) is 0 Å². The van der Waals surface area contributed by atoms with Crippen LogP contribution in [0.15, 0.2) is 22.7 Å². The van der Waals surface area contributed by atoms with Crippen LogP contribution in [0.25, 0.3) is 0 Å². The molecule has 1 saturated carbocycles. The van der Waals surface area contributed by atoms with E-state index in [9.17, 15) is 4.39 Å². The summed E-state index contributed by atoms with van der Waals surface area (Å²) in [5, 5.41) is 3.56. The second-order valence-electron chi connectivity index (χ2n) is 5.24. The van der Waals surface area contributed by atoms with Gasteiger partial charge in [0.1, 0.15) is 5.82 Å². The number of halogens is 2. The third kappa shape index (κ3) is 3.79. The molecule has 100 valence electrons. The maximum atomic E-state index is 13.2. The third-order valence-corrected chi connectivity index (χ3v) is 4.41. The molecule has 2 rings (SSSR count). The fourth-order valence-corrected chi connectivity index (χ4v) is 3.04. The van der Waals surface area contributed by atoms with Crippen LogP contribution in [0.3, 0.4) is 0 Å². The minimum Gasteiger partial charge on any atom is -0.314 e. The summed E-state index contributed by atoms with van der Waals surface area (Å²) < 4.78 is 13.8. The maximum absolute atomic E-state index is 13.2. The second kappa shape index (κ2) is 6.67.